The Morgan fingerprint density at radius 2 is 2.25 bits per heavy atom. The lowest BCUT2D eigenvalue weighted by molar-refractivity contribution is 0.403. The first-order valence-electron chi connectivity index (χ1n) is 6.96. The fraction of sp³-hybridized carbons (Fsp3) is 0.278. The molecule has 98 valence electrons. The highest BCUT2D eigenvalue weighted by Crippen LogP contribution is 2.51. The van der Waals surface area contributed by atoms with Gasteiger partial charge in [0.1, 0.15) is 0 Å². The Morgan fingerprint density at radius 3 is 3.10 bits per heavy atom. The van der Waals surface area contributed by atoms with Gasteiger partial charge in [-0.2, -0.15) is 0 Å². The van der Waals surface area contributed by atoms with Gasteiger partial charge in [0.15, 0.2) is 5.76 Å². The molecule has 0 radical (unpaired) electrons. The molecule has 2 heteroatoms. The van der Waals surface area contributed by atoms with Crippen LogP contribution in [0.15, 0.2) is 28.9 Å². The molecule has 2 nitrogen and oxygen atoms in total. The fourth-order valence-electron chi connectivity index (χ4n) is 3.62. The number of allylic oxidation sites excluding steroid dienone is 1. The molecule has 1 heterocycles. The van der Waals surface area contributed by atoms with Gasteiger partial charge in [-0.25, -0.2) is 0 Å². The van der Waals surface area contributed by atoms with E-state index in [0.29, 0.717) is 0 Å². The van der Waals surface area contributed by atoms with Crippen LogP contribution in [0, 0.1) is 24.7 Å². The van der Waals surface area contributed by atoms with Crippen molar-refractivity contribution in [2.45, 2.75) is 26.2 Å². The highest BCUT2D eigenvalue weighted by Gasteiger charge is 2.41. The zero-order chi connectivity index (χ0) is 13.7. The molecule has 1 aromatic carbocycles. The molecule has 0 bridgehead atoms. The van der Waals surface area contributed by atoms with E-state index >= 15 is 0 Å². The summed E-state index contributed by atoms with van der Waals surface area (Å²) >= 11 is 0. The van der Waals surface area contributed by atoms with Crippen LogP contribution >= 0.6 is 0 Å². The number of aromatic nitrogens is 1. The molecule has 2 aromatic rings. The largest absolute Gasteiger partial charge is 0.357 e. The van der Waals surface area contributed by atoms with Gasteiger partial charge in [-0.15, -0.1) is 6.42 Å². The van der Waals surface area contributed by atoms with Crippen LogP contribution in [0.1, 0.15) is 34.4 Å². The maximum Gasteiger partial charge on any atom is 0.163 e. The van der Waals surface area contributed by atoms with Crippen molar-refractivity contribution in [2.24, 2.45) is 5.41 Å². The van der Waals surface area contributed by atoms with Crippen molar-refractivity contribution in [1.29, 1.82) is 0 Å². The van der Waals surface area contributed by atoms with Gasteiger partial charge in [0.25, 0.3) is 0 Å². The number of hydrogen-bond acceptors (Lipinski definition) is 2. The number of terminal acetylenes is 1. The molecule has 0 saturated carbocycles. The Labute approximate surface area is 118 Å². The van der Waals surface area contributed by atoms with Gasteiger partial charge >= 0.3 is 0 Å². The van der Waals surface area contributed by atoms with Crippen LogP contribution in [0.4, 0.5) is 0 Å². The van der Waals surface area contributed by atoms with Crippen molar-refractivity contribution in [3.05, 3.63) is 52.4 Å². The average Bonchev–Trinajstić information content (AvgIpc) is 2.91. The molecular weight excluding hydrogens is 246 g/mol. The van der Waals surface area contributed by atoms with E-state index in [0.717, 1.165) is 30.6 Å². The van der Waals surface area contributed by atoms with E-state index in [1.807, 2.05) is 0 Å². The van der Waals surface area contributed by atoms with Crippen molar-refractivity contribution in [2.75, 3.05) is 0 Å². The normalized spacial score (nSPS) is 23.1. The van der Waals surface area contributed by atoms with Crippen LogP contribution in [0.25, 0.3) is 11.6 Å². The van der Waals surface area contributed by atoms with Gasteiger partial charge < -0.3 is 4.52 Å². The first-order chi connectivity index (χ1) is 9.73. The molecule has 1 atom stereocenters. The molecule has 0 spiro atoms. The number of fused-ring (bicyclic) bond motifs is 4. The first-order valence-corrected chi connectivity index (χ1v) is 6.96. The summed E-state index contributed by atoms with van der Waals surface area (Å²) in [6.45, 7) is 2.15. The summed E-state index contributed by atoms with van der Waals surface area (Å²) in [5, 5.41) is 3.92. The summed E-state index contributed by atoms with van der Waals surface area (Å²) in [6.07, 6.45) is 12.7. The Morgan fingerprint density at radius 1 is 1.35 bits per heavy atom. The number of rotatable bonds is 0. The van der Waals surface area contributed by atoms with Crippen molar-refractivity contribution < 1.29 is 4.52 Å². The van der Waals surface area contributed by atoms with Gasteiger partial charge in [0.2, 0.25) is 0 Å². The summed E-state index contributed by atoms with van der Waals surface area (Å²) in [5.41, 5.74) is 6.17. The lowest BCUT2D eigenvalue weighted by Gasteiger charge is -2.39. The average molecular weight is 261 g/mol. The van der Waals surface area contributed by atoms with Crippen molar-refractivity contribution in [3.8, 4) is 12.3 Å². The molecule has 0 saturated heterocycles. The predicted octanol–water partition coefficient (Wildman–Crippen LogP) is 3.65. The Hall–Kier alpha value is -2.27. The maximum absolute atomic E-state index is 5.94. The minimum atomic E-state index is -0.197. The molecule has 0 aliphatic heterocycles. The first kappa shape index (κ1) is 11.5. The van der Waals surface area contributed by atoms with Gasteiger partial charge in [-0.3, -0.25) is 0 Å². The van der Waals surface area contributed by atoms with Crippen LogP contribution in [-0.4, -0.2) is 5.16 Å². The lowest BCUT2D eigenvalue weighted by Crippen LogP contribution is -2.31. The summed E-state index contributed by atoms with van der Waals surface area (Å²) in [5.74, 6) is 3.94. The third-order valence-electron chi connectivity index (χ3n) is 4.69. The highest BCUT2D eigenvalue weighted by molar-refractivity contribution is 5.91. The number of aryl methyl sites for hydroxylation is 2. The second kappa shape index (κ2) is 3.86. The van der Waals surface area contributed by atoms with E-state index in [2.05, 4.69) is 42.3 Å². The van der Waals surface area contributed by atoms with Crippen LogP contribution in [-0.2, 0) is 12.8 Å². The van der Waals surface area contributed by atoms with Crippen LogP contribution in [0.5, 0.6) is 0 Å². The van der Waals surface area contributed by atoms with Gasteiger partial charge in [-0.1, -0.05) is 29.3 Å². The third kappa shape index (κ3) is 1.38. The molecule has 2 aliphatic rings. The predicted molar refractivity (Wildman–Crippen MR) is 78.8 cm³/mol. The number of nitrogens with zero attached hydrogens (tertiary/aromatic N) is 1. The third-order valence-corrected chi connectivity index (χ3v) is 4.69. The summed E-state index contributed by atoms with van der Waals surface area (Å²) in [7, 11) is 0. The molecule has 0 amide bonds. The molecular formula is C18H15NO. The molecule has 0 N–H and O–H groups in total. The van der Waals surface area contributed by atoms with E-state index in [1.165, 1.54) is 22.3 Å². The Kier molecular flexibility index (Phi) is 2.23. The lowest BCUT2D eigenvalue weighted by atomic mass is 9.62. The van der Waals surface area contributed by atoms with Crippen LogP contribution < -0.4 is 0 Å². The van der Waals surface area contributed by atoms with E-state index < -0.39 is 0 Å². The van der Waals surface area contributed by atoms with Gasteiger partial charge in [-0.05, 0) is 54.5 Å². The summed E-state index contributed by atoms with van der Waals surface area (Å²) in [4.78, 5) is 0. The molecule has 4 rings (SSSR count). The van der Waals surface area contributed by atoms with E-state index in [-0.39, 0.29) is 5.41 Å². The molecule has 0 fully saturated rings. The summed E-state index contributed by atoms with van der Waals surface area (Å²) < 4.78 is 5.35. The van der Waals surface area contributed by atoms with Crippen LogP contribution in [0.3, 0.4) is 0 Å². The van der Waals surface area contributed by atoms with Crippen molar-refractivity contribution in [3.63, 3.8) is 0 Å². The molecule has 2 aliphatic carbocycles. The maximum atomic E-state index is 5.94. The van der Waals surface area contributed by atoms with Gasteiger partial charge in [0, 0.05) is 5.56 Å². The van der Waals surface area contributed by atoms with E-state index in [1.54, 1.807) is 6.20 Å². The highest BCUT2D eigenvalue weighted by atomic mass is 16.5. The second-order valence-corrected chi connectivity index (χ2v) is 5.79. The van der Waals surface area contributed by atoms with E-state index in [9.17, 15) is 0 Å². The molecule has 1 aromatic heterocycles. The fourth-order valence-corrected chi connectivity index (χ4v) is 3.62. The Bertz CT molecular complexity index is 775. The zero-order valence-electron chi connectivity index (χ0n) is 11.4. The SMILES string of the molecule is C#CC12CCc3cccc(C)c3C1=Cc1oncc1C2. The molecule has 1 unspecified atom stereocenters. The topological polar surface area (TPSA) is 26.0 Å². The number of hydrogen-bond donors (Lipinski definition) is 0. The summed E-state index contributed by atoms with van der Waals surface area (Å²) in [6, 6.07) is 6.49. The Balaban J connectivity index is 2.03. The molecule has 20 heavy (non-hydrogen) atoms. The quantitative estimate of drug-likeness (QED) is 0.677. The van der Waals surface area contributed by atoms with Crippen LogP contribution in [0.2, 0.25) is 0 Å². The standard InChI is InChI=1S/C18H15NO/c1-3-18-8-7-13-6-4-5-12(2)17(13)15(18)9-16-14(10-18)11-19-20-16/h1,4-6,9,11H,7-8,10H2,2H3. The van der Waals surface area contributed by atoms with Gasteiger partial charge in [0.05, 0.1) is 11.6 Å². The minimum absolute atomic E-state index is 0.197. The zero-order valence-corrected chi connectivity index (χ0v) is 11.4. The minimum Gasteiger partial charge on any atom is -0.357 e. The number of benzene rings is 1. The monoisotopic (exact) mass is 261 g/mol. The smallest absolute Gasteiger partial charge is 0.163 e. The van der Waals surface area contributed by atoms with Crippen molar-refractivity contribution >= 4 is 11.6 Å². The van der Waals surface area contributed by atoms with E-state index in [4.69, 9.17) is 10.9 Å². The van der Waals surface area contributed by atoms with Crippen molar-refractivity contribution in [1.82, 2.24) is 5.16 Å². The second-order valence-electron chi connectivity index (χ2n) is 5.79.